The monoisotopic (exact) mass is 489 g/mol. The molecule has 176 valence electrons. The maximum absolute atomic E-state index is 5.82. The molecular weight excluding hydrogens is 457 g/mol. The Bertz CT molecular complexity index is 1040. The van der Waals surface area contributed by atoms with Crippen LogP contribution in [0.1, 0.15) is 47.2 Å². The van der Waals surface area contributed by atoms with E-state index in [0.29, 0.717) is 0 Å². The van der Waals surface area contributed by atoms with Crippen LogP contribution in [-0.4, -0.2) is 0 Å². The van der Waals surface area contributed by atoms with E-state index in [1.165, 1.54) is 33.4 Å². The van der Waals surface area contributed by atoms with Gasteiger partial charge >= 0.3 is 0 Å². The van der Waals surface area contributed by atoms with Crippen LogP contribution in [0.3, 0.4) is 0 Å². The minimum Gasteiger partial charge on any atom is -0.309 e. The zero-order valence-electron chi connectivity index (χ0n) is 20.0. The molecule has 4 aromatic rings. The van der Waals surface area contributed by atoms with Crippen LogP contribution in [0.25, 0.3) is 0 Å². The van der Waals surface area contributed by atoms with Crippen molar-refractivity contribution in [1.82, 2.24) is 5.32 Å². The van der Waals surface area contributed by atoms with Crippen molar-refractivity contribution < 1.29 is 0 Å². The number of aryl methyl sites for hydroxylation is 2. The summed E-state index contributed by atoms with van der Waals surface area (Å²) in [6.07, 6.45) is 3.29. The number of hydrogen-bond acceptors (Lipinski definition) is 1. The van der Waals surface area contributed by atoms with Crippen LogP contribution in [0.4, 0.5) is 0 Å². The molecule has 1 nitrogen and oxygen atoms in total. The predicted molar refractivity (Wildman–Crippen MR) is 148 cm³/mol. The van der Waals surface area contributed by atoms with Gasteiger partial charge in [-0.2, -0.15) is 0 Å². The highest BCUT2D eigenvalue weighted by Gasteiger charge is 2.04. The first-order valence-electron chi connectivity index (χ1n) is 11.9. The molecule has 0 radical (unpaired) electrons. The molecule has 0 saturated carbocycles. The molecule has 1 N–H and O–H groups in total. The fourth-order valence-corrected chi connectivity index (χ4v) is 4.16. The largest absolute Gasteiger partial charge is 0.309 e. The van der Waals surface area contributed by atoms with Crippen molar-refractivity contribution in [3.63, 3.8) is 0 Å². The van der Waals surface area contributed by atoms with Crippen LogP contribution in [0.5, 0.6) is 0 Å². The fourth-order valence-electron chi connectivity index (χ4n) is 3.91. The maximum Gasteiger partial charge on any atom is 0.0406 e. The summed E-state index contributed by atoms with van der Waals surface area (Å²) in [4.78, 5) is 0. The van der Waals surface area contributed by atoms with Crippen molar-refractivity contribution in [1.29, 1.82) is 0 Å². The second kappa shape index (κ2) is 14.0. The maximum atomic E-state index is 5.82. The number of rotatable bonds is 8. The van der Waals surface area contributed by atoms with Crippen LogP contribution in [0.15, 0.2) is 97.1 Å². The van der Waals surface area contributed by atoms with E-state index in [9.17, 15) is 0 Å². The van der Waals surface area contributed by atoms with Gasteiger partial charge in [0.15, 0.2) is 0 Å². The summed E-state index contributed by atoms with van der Waals surface area (Å²) in [5.41, 5.74) is 8.33. The second-order valence-corrected chi connectivity index (χ2v) is 9.15. The van der Waals surface area contributed by atoms with Gasteiger partial charge in [-0.25, -0.2) is 0 Å². The fraction of sp³-hybridized carbons (Fsp3) is 0.226. The molecule has 0 aromatic heterocycles. The smallest absolute Gasteiger partial charge is 0.0406 e. The van der Waals surface area contributed by atoms with Gasteiger partial charge in [0.1, 0.15) is 0 Å². The Morgan fingerprint density at radius 2 is 0.853 bits per heavy atom. The van der Waals surface area contributed by atoms with Gasteiger partial charge in [-0.3, -0.25) is 0 Å². The van der Waals surface area contributed by atoms with E-state index in [-0.39, 0.29) is 0 Å². The van der Waals surface area contributed by atoms with Crippen molar-refractivity contribution in [2.75, 3.05) is 0 Å². The van der Waals surface area contributed by atoms with Crippen LogP contribution in [0.2, 0.25) is 10.0 Å². The van der Waals surface area contributed by atoms with E-state index in [0.717, 1.165) is 42.4 Å². The Morgan fingerprint density at radius 3 is 1.21 bits per heavy atom. The average Bonchev–Trinajstić information content (AvgIpc) is 2.87. The average molecular weight is 491 g/mol. The molecule has 0 aliphatic heterocycles. The molecule has 0 fully saturated rings. The molecule has 0 spiro atoms. The quantitative estimate of drug-likeness (QED) is 0.261. The Balaban J connectivity index is 0.000000191. The number of benzene rings is 4. The summed E-state index contributed by atoms with van der Waals surface area (Å²) in [6, 6.07) is 33.3. The van der Waals surface area contributed by atoms with Crippen LogP contribution in [0, 0.1) is 0 Å². The van der Waals surface area contributed by atoms with Gasteiger partial charge < -0.3 is 5.32 Å². The van der Waals surface area contributed by atoms with Gasteiger partial charge in [0.05, 0.1) is 0 Å². The first kappa shape index (κ1) is 26.0. The molecule has 0 saturated heterocycles. The van der Waals surface area contributed by atoms with Gasteiger partial charge in [-0.05, 0) is 76.9 Å². The minimum atomic E-state index is 0.770. The van der Waals surface area contributed by atoms with Gasteiger partial charge in [-0.15, -0.1) is 0 Å². The third kappa shape index (κ3) is 8.33. The standard InChI is InChI=1S/C17H20.C14H13Cl2N/c1-3-14-9-5-7-11-16(14)13-17-12-8-6-10-15(17)4-2;15-13-5-1-11(2-6-13)9-17-10-12-3-7-14(16)8-4-12/h5-12H,3-4,13H2,1-2H3;1-8,17H,9-10H2. The normalized spacial score (nSPS) is 10.5. The molecular formula is C31H33Cl2N. The van der Waals surface area contributed by atoms with Gasteiger partial charge in [0, 0.05) is 23.1 Å². The molecule has 0 atom stereocenters. The molecule has 0 bridgehead atoms. The lowest BCUT2D eigenvalue weighted by Crippen LogP contribution is -2.12. The Morgan fingerprint density at radius 1 is 0.500 bits per heavy atom. The molecule has 0 unspecified atom stereocenters. The Kier molecular flexibility index (Phi) is 10.7. The topological polar surface area (TPSA) is 12.0 Å². The number of halogens is 2. The molecule has 4 rings (SSSR count). The van der Waals surface area contributed by atoms with E-state index < -0.39 is 0 Å². The highest BCUT2D eigenvalue weighted by molar-refractivity contribution is 6.30. The first-order valence-corrected chi connectivity index (χ1v) is 12.7. The molecule has 0 heterocycles. The lowest BCUT2D eigenvalue weighted by Gasteiger charge is -2.11. The van der Waals surface area contributed by atoms with Gasteiger partial charge in [0.2, 0.25) is 0 Å². The summed E-state index contributed by atoms with van der Waals surface area (Å²) in [5.74, 6) is 0. The molecule has 3 heteroatoms. The van der Waals surface area contributed by atoms with E-state index in [2.05, 4.69) is 67.7 Å². The number of hydrogen-bond donors (Lipinski definition) is 1. The molecule has 0 aliphatic rings. The van der Waals surface area contributed by atoms with Crippen molar-refractivity contribution in [2.45, 2.75) is 46.2 Å². The van der Waals surface area contributed by atoms with Crippen molar-refractivity contribution in [2.24, 2.45) is 0 Å². The lowest BCUT2D eigenvalue weighted by atomic mass is 9.95. The van der Waals surface area contributed by atoms with Crippen molar-refractivity contribution in [3.8, 4) is 0 Å². The zero-order valence-corrected chi connectivity index (χ0v) is 21.5. The summed E-state index contributed by atoms with van der Waals surface area (Å²) < 4.78 is 0. The molecule has 0 amide bonds. The van der Waals surface area contributed by atoms with Crippen LogP contribution >= 0.6 is 23.2 Å². The van der Waals surface area contributed by atoms with Gasteiger partial charge in [-0.1, -0.05) is 110 Å². The molecule has 4 aromatic carbocycles. The summed E-state index contributed by atoms with van der Waals surface area (Å²) >= 11 is 11.6. The molecule has 34 heavy (non-hydrogen) atoms. The highest BCUT2D eigenvalue weighted by atomic mass is 35.5. The van der Waals surface area contributed by atoms with Crippen LogP contribution in [-0.2, 0) is 32.4 Å². The summed E-state index contributed by atoms with van der Waals surface area (Å²) in [6.45, 7) is 6.12. The van der Waals surface area contributed by atoms with Gasteiger partial charge in [0.25, 0.3) is 0 Å². The van der Waals surface area contributed by atoms with E-state index >= 15 is 0 Å². The predicted octanol–water partition coefficient (Wildman–Crippen LogP) is 8.69. The van der Waals surface area contributed by atoms with Crippen molar-refractivity contribution in [3.05, 3.63) is 140 Å². The van der Waals surface area contributed by atoms with Crippen LogP contribution < -0.4 is 5.32 Å². The Labute approximate surface area is 214 Å². The first-order chi connectivity index (χ1) is 16.6. The number of nitrogens with one attached hydrogen (secondary N) is 1. The lowest BCUT2D eigenvalue weighted by molar-refractivity contribution is 0.693. The summed E-state index contributed by atoms with van der Waals surface area (Å²) in [5, 5.41) is 4.91. The van der Waals surface area contributed by atoms with E-state index in [1.54, 1.807) is 0 Å². The zero-order chi connectivity index (χ0) is 24.2. The minimum absolute atomic E-state index is 0.770. The van der Waals surface area contributed by atoms with E-state index in [1.807, 2.05) is 48.5 Å². The molecule has 0 aliphatic carbocycles. The van der Waals surface area contributed by atoms with Crippen molar-refractivity contribution >= 4 is 23.2 Å². The Hall–Kier alpha value is -2.58. The third-order valence-electron chi connectivity index (χ3n) is 5.86. The van der Waals surface area contributed by atoms with E-state index in [4.69, 9.17) is 23.2 Å². The SMILES string of the molecule is CCc1ccccc1Cc1ccccc1CC.Clc1ccc(CNCc2ccc(Cl)cc2)cc1. The summed E-state index contributed by atoms with van der Waals surface area (Å²) in [7, 11) is 0. The second-order valence-electron chi connectivity index (χ2n) is 8.28. The highest BCUT2D eigenvalue weighted by Crippen LogP contribution is 2.18. The third-order valence-corrected chi connectivity index (χ3v) is 6.37.